The number of aryl methyl sites for hydroxylation is 1. The molecule has 1 aromatic rings. The highest BCUT2D eigenvalue weighted by molar-refractivity contribution is 7.89. The summed E-state index contributed by atoms with van der Waals surface area (Å²) in [6, 6.07) is 1.42. The highest BCUT2D eigenvalue weighted by Gasteiger charge is 2.19. The van der Waals surface area contributed by atoms with Crippen LogP contribution in [-0.4, -0.2) is 24.1 Å². The van der Waals surface area contributed by atoms with Crippen molar-refractivity contribution in [3.63, 3.8) is 0 Å². The molecule has 5 nitrogen and oxygen atoms in total. The first-order valence-electron chi connectivity index (χ1n) is 6.19. The quantitative estimate of drug-likeness (QED) is 0.789. The van der Waals surface area contributed by atoms with Crippen LogP contribution in [0.15, 0.2) is 17.2 Å². The Morgan fingerprint density at radius 2 is 2.17 bits per heavy atom. The predicted octanol–water partition coefficient (Wildman–Crippen LogP) is 1.37. The molecule has 1 rings (SSSR count). The minimum Gasteiger partial charge on any atom is -0.390 e. The average molecular weight is 274 g/mol. The van der Waals surface area contributed by atoms with Crippen LogP contribution >= 0.6 is 0 Å². The molecule has 1 aromatic heterocycles. The Labute approximate surface area is 109 Å². The van der Waals surface area contributed by atoms with Crippen molar-refractivity contribution in [1.82, 2.24) is 9.29 Å². The molecule has 0 saturated carbocycles. The van der Waals surface area contributed by atoms with Gasteiger partial charge in [-0.1, -0.05) is 19.8 Å². The summed E-state index contributed by atoms with van der Waals surface area (Å²) in [6.07, 6.45) is 4.39. The smallest absolute Gasteiger partial charge is 0.242 e. The first-order valence-corrected chi connectivity index (χ1v) is 7.67. The standard InChI is InChI=1S/C12H22N2O3S/c1-4-5-6-10(2)13-18(16,17)12-7-11(9-15)14(3)8-12/h7-8,10,13,15H,4-6,9H2,1-3H3. The molecule has 104 valence electrons. The molecule has 6 heteroatoms. The van der Waals surface area contributed by atoms with Crippen LogP contribution in [0.25, 0.3) is 0 Å². The fraction of sp³-hybridized carbons (Fsp3) is 0.667. The molecule has 0 spiro atoms. The second-order valence-corrected chi connectivity index (χ2v) is 6.31. The van der Waals surface area contributed by atoms with Crippen LogP contribution in [0.1, 0.15) is 38.8 Å². The lowest BCUT2D eigenvalue weighted by Crippen LogP contribution is -2.32. The van der Waals surface area contributed by atoms with E-state index in [4.69, 9.17) is 5.11 Å². The van der Waals surface area contributed by atoms with E-state index in [1.807, 2.05) is 6.92 Å². The van der Waals surface area contributed by atoms with E-state index in [-0.39, 0.29) is 17.5 Å². The molecule has 0 radical (unpaired) electrons. The maximum atomic E-state index is 12.1. The largest absolute Gasteiger partial charge is 0.390 e. The Bertz CT molecular complexity index is 480. The van der Waals surface area contributed by atoms with Crippen LogP contribution in [-0.2, 0) is 23.7 Å². The van der Waals surface area contributed by atoms with Crippen molar-refractivity contribution in [1.29, 1.82) is 0 Å². The molecule has 1 heterocycles. The summed E-state index contributed by atoms with van der Waals surface area (Å²) >= 11 is 0. The molecule has 0 fully saturated rings. The Hall–Kier alpha value is -0.850. The number of aliphatic hydroxyl groups excluding tert-OH is 1. The first-order chi connectivity index (χ1) is 8.40. The normalized spacial score (nSPS) is 13.8. The van der Waals surface area contributed by atoms with Crippen molar-refractivity contribution >= 4 is 10.0 Å². The second-order valence-electron chi connectivity index (χ2n) is 4.60. The van der Waals surface area contributed by atoms with Gasteiger partial charge < -0.3 is 9.67 Å². The minimum absolute atomic E-state index is 0.0762. The van der Waals surface area contributed by atoms with Gasteiger partial charge in [-0.3, -0.25) is 0 Å². The molecule has 2 N–H and O–H groups in total. The first kappa shape index (κ1) is 15.2. The van der Waals surface area contributed by atoms with Crippen molar-refractivity contribution in [2.24, 2.45) is 7.05 Å². The van der Waals surface area contributed by atoms with Crippen LogP contribution < -0.4 is 4.72 Å². The van der Waals surface area contributed by atoms with Gasteiger partial charge in [0.15, 0.2) is 0 Å². The third-order valence-electron chi connectivity index (χ3n) is 2.90. The molecule has 0 bridgehead atoms. The number of sulfonamides is 1. The summed E-state index contributed by atoms with van der Waals surface area (Å²) in [5, 5.41) is 9.06. The SMILES string of the molecule is CCCCC(C)NS(=O)(=O)c1cc(CO)n(C)c1. The van der Waals surface area contributed by atoms with Gasteiger partial charge in [-0.2, -0.15) is 0 Å². The number of nitrogens with one attached hydrogen (secondary N) is 1. The van der Waals surface area contributed by atoms with Gasteiger partial charge in [0, 0.05) is 25.0 Å². The van der Waals surface area contributed by atoms with Crippen molar-refractivity contribution in [3.8, 4) is 0 Å². The molecule has 0 aliphatic heterocycles. The highest BCUT2D eigenvalue weighted by Crippen LogP contribution is 2.14. The second kappa shape index (κ2) is 6.36. The fourth-order valence-electron chi connectivity index (χ4n) is 1.78. The summed E-state index contributed by atoms with van der Waals surface area (Å²) in [7, 11) is -1.77. The van der Waals surface area contributed by atoms with E-state index in [9.17, 15) is 8.42 Å². The molecule has 0 aromatic carbocycles. The van der Waals surface area contributed by atoms with Crippen molar-refractivity contribution < 1.29 is 13.5 Å². The number of unbranched alkanes of at least 4 members (excludes halogenated alkanes) is 1. The van der Waals surface area contributed by atoms with Crippen LogP contribution in [0.4, 0.5) is 0 Å². The minimum atomic E-state index is -3.48. The topological polar surface area (TPSA) is 71.3 Å². The maximum Gasteiger partial charge on any atom is 0.242 e. The summed E-state index contributed by atoms with van der Waals surface area (Å²) in [4.78, 5) is 0.206. The summed E-state index contributed by atoms with van der Waals surface area (Å²) in [5.41, 5.74) is 0.580. The van der Waals surface area contributed by atoms with Gasteiger partial charge in [0.2, 0.25) is 10.0 Å². The summed E-state index contributed by atoms with van der Waals surface area (Å²) in [5.74, 6) is 0. The van der Waals surface area contributed by atoms with E-state index >= 15 is 0 Å². The van der Waals surface area contributed by atoms with Gasteiger partial charge in [-0.15, -0.1) is 0 Å². The van der Waals surface area contributed by atoms with E-state index in [1.54, 1.807) is 11.6 Å². The van der Waals surface area contributed by atoms with Gasteiger partial charge in [0.25, 0.3) is 0 Å². The molecule has 0 aliphatic rings. The number of aliphatic hydroxyl groups is 1. The van der Waals surface area contributed by atoms with Gasteiger partial charge >= 0.3 is 0 Å². The molecule has 1 unspecified atom stereocenters. The maximum absolute atomic E-state index is 12.1. The monoisotopic (exact) mass is 274 g/mol. The van der Waals surface area contributed by atoms with E-state index < -0.39 is 10.0 Å². The lowest BCUT2D eigenvalue weighted by atomic mass is 10.2. The number of hydrogen-bond donors (Lipinski definition) is 2. The highest BCUT2D eigenvalue weighted by atomic mass is 32.2. The summed E-state index contributed by atoms with van der Waals surface area (Å²) < 4.78 is 28.4. The third kappa shape index (κ3) is 3.83. The Morgan fingerprint density at radius 1 is 1.50 bits per heavy atom. The number of aromatic nitrogens is 1. The molecular formula is C12H22N2O3S. The van der Waals surface area contributed by atoms with Crippen LogP contribution in [0.2, 0.25) is 0 Å². The zero-order valence-corrected chi connectivity index (χ0v) is 12.0. The van der Waals surface area contributed by atoms with Crippen molar-refractivity contribution in [3.05, 3.63) is 18.0 Å². The zero-order chi connectivity index (χ0) is 13.8. The van der Waals surface area contributed by atoms with E-state index in [0.717, 1.165) is 19.3 Å². The Balaban J connectivity index is 2.79. The third-order valence-corrected chi connectivity index (χ3v) is 4.46. The van der Waals surface area contributed by atoms with Gasteiger partial charge in [-0.25, -0.2) is 13.1 Å². The van der Waals surface area contributed by atoms with E-state index in [1.165, 1.54) is 12.3 Å². The molecule has 0 aliphatic carbocycles. The van der Waals surface area contributed by atoms with Crippen molar-refractivity contribution in [2.45, 2.75) is 50.7 Å². The number of hydrogen-bond acceptors (Lipinski definition) is 3. The zero-order valence-electron chi connectivity index (χ0n) is 11.2. The lowest BCUT2D eigenvalue weighted by molar-refractivity contribution is 0.272. The number of nitrogens with zero attached hydrogens (tertiary/aromatic N) is 1. The number of rotatable bonds is 7. The lowest BCUT2D eigenvalue weighted by Gasteiger charge is -2.12. The van der Waals surface area contributed by atoms with Crippen LogP contribution in [0.3, 0.4) is 0 Å². The predicted molar refractivity (Wildman–Crippen MR) is 70.6 cm³/mol. The van der Waals surface area contributed by atoms with Gasteiger partial charge in [0.1, 0.15) is 0 Å². The van der Waals surface area contributed by atoms with Gasteiger partial charge in [0.05, 0.1) is 11.5 Å². The Morgan fingerprint density at radius 3 is 2.67 bits per heavy atom. The molecule has 18 heavy (non-hydrogen) atoms. The van der Waals surface area contributed by atoms with E-state index in [2.05, 4.69) is 11.6 Å². The molecular weight excluding hydrogens is 252 g/mol. The van der Waals surface area contributed by atoms with Crippen LogP contribution in [0.5, 0.6) is 0 Å². The van der Waals surface area contributed by atoms with Gasteiger partial charge in [-0.05, 0) is 19.4 Å². The molecule has 0 amide bonds. The van der Waals surface area contributed by atoms with Crippen LogP contribution in [0, 0.1) is 0 Å². The fourth-order valence-corrected chi connectivity index (χ4v) is 3.16. The van der Waals surface area contributed by atoms with E-state index in [0.29, 0.717) is 5.69 Å². The summed E-state index contributed by atoms with van der Waals surface area (Å²) in [6.45, 7) is 3.77. The van der Waals surface area contributed by atoms with Crippen molar-refractivity contribution in [2.75, 3.05) is 0 Å². The molecule has 0 saturated heterocycles. The average Bonchev–Trinajstić information content (AvgIpc) is 2.68. The molecule has 1 atom stereocenters. The Kier molecular flexibility index (Phi) is 5.37.